The molecule has 19 heavy (non-hydrogen) atoms. The van der Waals surface area contributed by atoms with E-state index in [1.807, 2.05) is 0 Å². The van der Waals surface area contributed by atoms with Gasteiger partial charge in [0, 0.05) is 25.2 Å². The predicted molar refractivity (Wildman–Crippen MR) is 80.5 cm³/mol. The molecule has 1 N–H and O–H groups in total. The Bertz CT molecular complexity index is 269. The molecular weight excluding hydrogens is 234 g/mol. The topological polar surface area (TPSA) is 18.5 Å². The lowest BCUT2D eigenvalue weighted by Gasteiger charge is -2.30. The summed E-state index contributed by atoms with van der Waals surface area (Å²) in [4.78, 5) is 5.36. The number of nitrogens with zero attached hydrogens (tertiary/aromatic N) is 2. The fraction of sp³-hybridized carbons (Fsp3) is 1.00. The standard InChI is InChI=1S/C16H31N3/c1-14-5-10-18(11-6-14)9-2-8-17-15-7-12-19(13-15)16-3-4-16/h14-17H,2-13H2,1H3. The maximum absolute atomic E-state index is 3.77. The Kier molecular flexibility index (Phi) is 4.78. The second kappa shape index (κ2) is 6.55. The van der Waals surface area contributed by atoms with Gasteiger partial charge in [0.15, 0.2) is 0 Å². The summed E-state index contributed by atoms with van der Waals surface area (Å²) in [6, 6.07) is 1.74. The van der Waals surface area contributed by atoms with Crippen molar-refractivity contribution in [2.45, 2.75) is 57.5 Å². The van der Waals surface area contributed by atoms with Crippen LogP contribution in [0.3, 0.4) is 0 Å². The Morgan fingerprint density at radius 1 is 1.00 bits per heavy atom. The molecule has 3 rings (SSSR count). The van der Waals surface area contributed by atoms with Gasteiger partial charge in [0.1, 0.15) is 0 Å². The summed E-state index contributed by atoms with van der Waals surface area (Å²) in [5.41, 5.74) is 0. The van der Waals surface area contributed by atoms with E-state index in [9.17, 15) is 0 Å². The third-order valence-corrected chi connectivity index (χ3v) is 5.24. The van der Waals surface area contributed by atoms with Gasteiger partial charge in [-0.05, 0) is 70.6 Å². The van der Waals surface area contributed by atoms with Crippen LogP contribution in [0.15, 0.2) is 0 Å². The molecule has 3 aliphatic rings. The number of nitrogens with one attached hydrogen (secondary N) is 1. The lowest BCUT2D eigenvalue weighted by Crippen LogP contribution is -2.37. The summed E-state index contributed by atoms with van der Waals surface area (Å²) >= 11 is 0. The SMILES string of the molecule is CC1CCN(CCCNC2CCN(C3CC3)C2)CC1. The minimum absolute atomic E-state index is 0.780. The van der Waals surface area contributed by atoms with Crippen LogP contribution in [0.25, 0.3) is 0 Å². The molecule has 0 aromatic rings. The fourth-order valence-corrected chi connectivity index (χ4v) is 3.62. The van der Waals surface area contributed by atoms with Crippen molar-refractivity contribution in [1.29, 1.82) is 0 Å². The minimum Gasteiger partial charge on any atom is -0.313 e. The first kappa shape index (κ1) is 13.8. The van der Waals surface area contributed by atoms with Crippen LogP contribution >= 0.6 is 0 Å². The lowest BCUT2D eigenvalue weighted by atomic mass is 9.99. The molecule has 0 radical (unpaired) electrons. The van der Waals surface area contributed by atoms with Gasteiger partial charge in [-0.2, -0.15) is 0 Å². The summed E-state index contributed by atoms with van der Waals surface area (Å²) in [6.07, 6.45) is 8.44. The van der Waals surface area contributed by atoms with E-state index in [0.717, 1.165) is 18.0 Å². The Balaban J connectivity index is 1.23. The molecule has 3 heteroatoms. The van der Waals surface area contributed by atoms with Gasteiger partial charge in [0.25, 0.3) is 0 Å². The highest BCUT2D eigenvalue weighted by atomic mass is 15.2. The molecule has 0 aromatic carbocycles. The van der Waals surface area contributed by atoms with Crippen LogP contribution in [0, 0.1) is 5.92 Å². The Labute approximate surface area is 118 Å². The number of hydrogen-bond acceptors (Lipinski definition) is 3. The molecule has 2 saturated heterocycles. The van der Waals surface area contributed by atoms with Gasteiger partial charge in [-0.1, -0.05) is 6.92 Å². The second-order valence-corrected chi connectivity index (χ2v) is 7.04. The lowest BCUT2D eigenvalue weighted by molar-refractivity contribution is 0.189. The van der Waals surface area contributed by atoms with Gasteiger partial charge in [-0.25, -0.2) is 0 Å². The molecule has 1 atom stereocenters. The van der Waals surface area contributed by atoms with Crippen molar-refractivity contribution in [2.24, 2.45) is 5.92 Å². The third-order valence-electron chi connectivity index (χ3n) is 5.24. The zero-order valence-electron chi connectivity index (χ0n) is 12.6. The van der Waals surface area contributed by atoms with E-state index in [2.05, 4.69) is 22.0 Å². The summed E-state index contributed by atoms with van der Waals surface area (Å²) in [7, 11) is 0. The van der Waals surface area contributed by atoms with Gasteiger partial charge in [-0.3, -0.25) is 4.90 Å². The summed E-state index contributed by atoms with van der Waals surface area (Å²) < 4.78 is 0. The number of piperidine rings is 1. The van der Waals surface area contributed by atoms with Crippen LogP contribution in [0.4, 0.5) is 0 Å². The Morgan fingerprint density at radius 2 is 1.79 bits per heavy atom. The monoisotopic (exact) mass is 265 g/mol. The molecule has 0 amide bonds. The van der Waals surface area contributed by atoms with Crippen LogP contribution in [0.5, 0.6) is 0 Å². The molecule has 3 fully saturated rings. The smallest absolute Gasteiger partial charge is 0.0207 e. The number of rotatable bonds is 6. The molecule has 1 unspecified atom stereocenters. The van der Waals surface area contributed by atoms with Gasteiger partial charge in [0.2, 0.25) is 0 Å². The molecule has 110 valence electrons. The number of likely N-dealkylation sites (tertiary alicyclic amines) is 2. The molecule has 0 aromatic heterocycles. The summed E-state index contributed by atoms with van der Waals surface area (Å²) in [5, 5.41) is 3.77. The summed E-state index contributed by atoms with van der Waals surface area (Å²) in [5.74, 6) is 0.960. The molecular formula is C16H31N3. The van der Waals surface area contributed by atoms with E-state index in [0.29, 0.717) is 0 Å². The number of hydrogen-bond donors (Lipinski definition) is 1. The minimum atomic E-state index is 0.780. The second-order valence-electron chi connectivity index (χ2n) is 7.04. The average molecular weight is 265 g/mol. The Morgan fingerprint density at radius 3 is 2.53 bits per heavy atom. The largest absolute Gasteiger partial charge is 0.313 e. The zero-order chi connectivity index (χ0) is 13.1. The molecule has 2 heterocycles. The fourth-order valence-electron chi connectivity index (χ4n) is 3.62. The zero-order valence-corrected chi connectivity index (χ0v) is 12.6. The van der Waals surface area contributed by atoms with Crippen molar-refractivity contribution in [3.8, 4) is 0 Å². The van der Waals surface area contributed by atoms with E-state index in [-0.39, 0.29) is 0 Å². The third kappa shape index (κ3) is 4.17. The highest BCUT2D eigenvalue weighted by molar-refractivity contribution is 4.91. The van der Waals surface area contributed by atoms with Gasteiger partial charge < -0.3 is 10.2 Å². The van der Waals surface area contributed by atoms with E-state index in [1.54, 1.807) is 0 Å². The average Bonchev–Trinajstić information content (AvgIpc) is 3.17. The molecule has 3 nitrogen and oxygen atoms in total. The van der Waals surface area contributed by atoms with Crippen molar-refractivity contribution >= 4 is 0 Å². The predicted octanol–water partition coefficient (Wildman–Crippen LogP) is 1.93. The van der Waals surface area contributed by atoms with Crippen molar-refractivity contribution in [2.75, 3.05) is 39.3 Å². The van der Waals surface area contributed by atoms with Crippen LogP contribution in [-0.2, 0) is 0 Å². The quantitative estimate of drug-likeness (QED) is 0.741. The van der Waals surface area contributed by atoms with Crippen molar-refractivity contribution in [3.05, 3.63) is 0 Å². The molecule has 1 aliphatic carbocycles. The van der Waals surface area contributed by atoms with Crippen molar-refractivity contribution in [1.82, 2.24) is 15.1 Å². The van der Waals surface area contributed by atoms with Gasteiger partial charge in [0.05, 0.1) is 0 Å². The van der Waals surface area contributed by atoms with Crippen LogP contribution in [0.2, 0.25) is 0 Å². The first-order chi connectivity index (χ1) is 9.31. The van der Waals surface area contributed by atoms with E-state index >= 15 is 0 Å². The van der Waals surface area contributed by atoms with Crippen molar-refractivity contribution < 1.29 is 0 Å². The van der Waals surface area contributed by atoms with Gasteiger partial charge in [-0.15, -0.1) is 0 Å². The highest BCUT2D eigenvalue weighted by Crippen LogP contribution is 2.29. The maximum Gasteiger partial charge on any atom is 0.0207 e. The van der Waals surface area contributed by atoms with E-state index < -0.39 is 0 Å². The highest BCUT2D eigenvalue weighted by Gasteiger charge is 2.33. The van der Waals surface area contributed by atoms with Crippen molar-refractivity contribution in [3.63, 3.8) is 0 Å². The van der Waals surface area contributed by atoms with Gasteiger partial charge >= 0.3 is 0 Å². The van der Waals surface area contributed by atoms with Crippen LogP contribution < -0.4 is 5.32 Å². The molecule has 2 aliphatic heterocycles. The maximum atomic E-state index is 3.77. The van der Waals surface area contributed by atoms with E-state index in [1.165, 1.54) is 77.8 Å². The van der Waals surface area contributed by atoms with E-state index in [4.69, 9.17) is 0 Å². The first-order valence-corrected chi connectivity index (χ1v) is 8.51. The first-order valence-electron chi connectivity index (χ1n) is 8.51. The van der Waals surface area contributed by atoms with Crippen LogP contribution in [-0.4, -0.2) is 61.2 Å². The molecule has 1 saturated carbocycles. The molecule has 0 spiro atoms. The van der Waals surface area contributed by atoms with Crippen LogP contribution in [0.1, 0.15) is 45.4 Å². The summed E-state index contributed by atoms with van der Waals surface area (Å²) in [6.45, 7) is 10.2. The normalized spacial score (nSPS) is 31.1. The molecule has 0 bridgehead atoms. The Hall–Kier alpha value is -0.120.